The van der Waals surface area contributed by atoms with E-state index < -0.39 is 0 Å². The number of aromatic nitrogens is 8. The molecule has 0 aliphatic rings. The molecule has 0 aliphatic heterocycles. The summed E-state index contributed by atoms with van der Waals surface area (Å²) in [5.41, 5.74) is 8.25. The Bertz CT molecular complexity index is 5360. The van der Waals surface area contributed by atoms with Gasteiger partial charge in [-0.15, -0.1) is 0 Å². The van der Waals surface area contributed by atoms with E-state index in [0.29, 0.717) is 0 Å². The normalized spacial score (nSPS) is 11.4. The predicted octanol–water partition coefficient (Wildman–Crippen LogP) is 22.4. The van der Waals surface area contributed by atoms with Crippen molar-refractivity contribution < 1.29 is 0 Å². The molecule has 5 heterocycles. The van der Waals surface area contributed by atoms with Gasteiger partial charge in [0, 0.05) is 84.7 Å². The van der Waals surface area contributed by atoms with Crippen molar-refractivity contribution in [3.8, 4) is 0 Å². The lowest BCUT2D eigenvalue weighted by molar-refractivity contribution is 1.10. The van der Waals surface area contributed by atoms with E-state index in [1.54, 1.807) is 0 Å². The number of benzene rings is 15. The van der Waals surface area contributed by atoms with Gasteiger partial charge in [-0.05, 0) is 133 Å². The molecule has 20 rings (SSSR count). The highest BCUT2D eigenvalue weighted by Gasteiger charge is 2.15. The van der Waals surface area contributed by atoms with E-state index in [1.165, 1.54) is 124 Å². The number of rotatable bonds is 0. The first kappa shape index (κ1) is 57.9. The second-order valence-electron chi connectivity index (χ2n) is 24.2. The van der Waals surface area contributed by atoms with Crippen molar-refractivity contribution in [3.63, 3.8) is 0 Å². The van der Waals surface area contributed by atoms with Crippen LogP contribution in [0.15, 0.2) is 286 Å². The molecule has 0 N–H and O–H groups in total. The van der Waals surface area contributed by atoms with Crippen LogP contribution in [0.2, 0.25) is 0 Å². The summed E-state index contributed by atoms with van der Waals surface area (Å²) in [5, 5.41) is 31.0. The summed E-state index contributed by atoms with van der Waals surface area (Å²) in [5.74, 6) is 1.63. The number of hydrogen-bond donors (Lipinski definition) is 0. The molecule has 0 amide bonds. The van der Waals surface area contributed by atoms with Gasteiger partial charge in [0.05, 0.1) is 33.3 Å². The average molecular weight is 1220 g/mol. The minimum atomic E-state index is 0.813. The molecular weight excluding hydrogens is 1160 g/mol. The third-order valence-corrected chi connectivity index (χ3v) is 18.2. The summed E-state index contributed by atoms with van der Waals surface area (Å²) in [4.78, 5) is 36.5. The van der Waals surface area contributed by atoms with Crippen LogP contribution in [0, 0.1) is 34.6 Å². The minimum absolute atomic E-state index is 0.813. The van der Waals surface area contributed by atoms with Crippen LogP contribution in [0.5, 0.6) is 0 Å². The molecule has 0 unspecified atom stereocenters. The van der Waals surface area contributed by atoms with Gasteiger partial charge in [0.1, 0.15) is 11.6 Å². The monoisotopic (exact) mass is 1220 g/mol. The smallest absolute Gasteiger partial charge is 0.125 e. The topological polar surface area (TPSA) is 103 Å². The SMILES string of the molecule is Cc1cc2c3ccccc3c3ccccc3c2cn1.Cc1ccc2c3ccccc3c3ccccc3c2n1.Cc1cnc2c3ccccc3c3ccccc3c2n1.Cc1ncc2c3ccccc3c3ccccc3c2n1.Cc1ncc2c3ccccc3c3ccccc3c2n1. The van der Waals surface area contributed by atoms with Crippen LogP contribution in [-0.4, -0.2) is 39.9 Å². The molecular formula is C87H62N8. The van der Waals surface area contributed by atoms with Crippen molar-refractivity contribution in [1.29, 1.82) is 0 Å². The van der Waals surface area contributed by atoms with Gasteiger partial charge in [0.2, 0.25) is 0 Å². The highest BCUT2D eigenvalue weighted by Crippen LogP contribution is 2.39. The molecule has 15 aromatic carbocycles. The van der Waals surface area contributed by atoms with Crippen molar-refractivity contribution in [2.45, 2.75) is 34.6 Å². The van der Waals surface area contributed by atoms with E-state index in [2.05, 4.69) is 291 Å². The van der Waals surface area contributed by atoms with Crippen LogP contribution in [0.4, 0.5) is 0 Å². The molecule has 0 aliphatic carbocycles. The van der Waals surface area contributed by atoms with Crippen LogP contribution < -0.4 is 0 Å². The maximum absolute atomic E-state index is 4.75. The van der Waals surface area contributed by atoms with Crippen molar-refractivity contribution >= 4 is 162 Å². The van der Waals surface area contributed by atoms with Crippen LogP contribution in [0.3, 0.4) is 0 Å². The molecule has 0 saturated heterocycles. The maximum atomic E-state index is 4.75. The summed E-state index contributed by atoms with van der Waals surface area (Å²) >= 11 is 0. The maximum Gasteiger partial charge on any atom is 0.125 e. The fourth-order valence-electron chi connectivity index (χ4n) is 14.0. The lowest BCUT2D eigenvalue weighted by Gasteiger charge is -2.10. The Morgan fingerprint density at radius 3 is 0.779 bits per heavy atom. The van der Waals surface area contributed by atoms with Gasteiger partial charge in [-0.2, -0.15) is 0 Å². The van der Waals surface area contributed by atoms with Crippen molar-refractivity contribution in [3.05, 3.63) is 314 Å². The van der Waals surface area contributed by atoms with E-state index >= 15 is 0 Å². The largest absolute Gasteiger partial charge is 0.261 e. The van der Waals surface area contributed by atoms with Gasteiger partial charge in [-0.1, -0.05) is 249 Å². The van der Waals surface area contributed by atoms with Crippen molar-refractivity contribution in [1.82, 2.24) is 39.9 Å². The summed E-state index contributed by atoms with van der Waals surface area (Å²) in [7, 11) is 0. The Labute approximate surface area is 547 Å². The van der Waals surface area contributed by atoms with Gasteiger partial charge < -0.3 is 0 Å². The summed E-state index contributed by atoms with van der Waals surface area (Å²) in [6.45, 7) is 9.94. The van der Waals surface area contributed by atoms with Gasteiger partial charge in [-0.3, -0.25) is 15.0 Å². The number of aryl methyl sites for hydroxylation is 5. The zero-order chi connectivity index (χ0) is 64.1. The molecule has 0 bridgehead atoms. The predicted molar refractivity (Wildman–Crippen MR) is 401 cm³/mol. The lowest BCUT2D eigenvalue weighted by Crippen LogP contribution is -1.90. The van der Waals surface area contributed by atoms with Gasteiger partial charge in [0.25, 0.3) is 0 Å². The van der Waals surface area contributed by atoms with E-state index in [-0.39, 0.29) is 0 Å². The third kappa shape index (κ3) is 10.5. The highest BCUT2D eigenvalue weighted by molar-refractivity contribution is 6.28. The Kier molecular flexibility index (Phi) is 14.9. The van der Waals surface area contributed by atoms with Crippen LogP contribution in [-0.2, 0) is 0 Å². The van der Waals surface area contributed by atoms with Crippen LogP contribution >= 0.6 is 0 Å². The molecule has 5 aromatic heterocycles. The highest BCUT2D eigenvalue weighted by atomic mass is 14.9. The lowest BCUT2D eigenvalue weighted by atomic mass is 9.95. The number of hydrogen-bond acceptors (Lipinski definition) is 8. The summed E-state index contributed by atoms with van der Waals surface area (Å²) < 4.78 is 0. The first-order valence-electron chi connectivity index (χ1n) is 32.1. The first-order valence-corrected chi connectivity index (χ1v) is 32.1. The van der Waals surface area contributed by atoms with Crippen LogP contribution in [0.25, 0.3) is 162 Å². The van der Waals surface area contributed by atoms with Crippen LogP contribution in [0.1, 0.15) is 28.7 Å². The van der Waals surface area contributed by atoms with Gasteiger partial charge >= 0.3 is 0 Å². The fourth-order valence-corrected chi connectivity index (χ4v) is 14.0. The second-order valence-corrected chi connectivity index (χ2v) is 24.2. The van der Waals surface area contributed by atoms with E-state index in [0.717, 1.165) is 67.1 Å². The number of nitrogens with zero attached hydrogens (tertiary/aromatic N) is 8. The molecule has 0 fully saturated rings. The molecule has 0 spiro atoms. The summed E-state index contributed by atoms with van der Waals surface area (Å²) in [6, 6.07) is 91.3. The average Bonchev–Trinajstić information content (AvgIpc) is 0.792. The Morgan fingerprint density at radius 1 is 0.158 bits per heavy atom. The minimum Gasteiger partial charge on any atom is -0.261 e. The van der Waals surface area contributed by atoms with Gasteiger partial charge in [-0.25, -0.2) is 24.9 Å². The summed E-state index contributed by atoms with van der Waals surface area (Å²) in [6.07, 6.45) is 7.71. The zero-order valence-corrected chi connectivity index (χ0v) is 53.2. The molecule has 8 heteroatoms. The molecule has 8 nitrogen and oxygen atoms in total. The molecule has 95 heavy (non-hydrogen) atoms. The van der Waals surface area contributed by atoms with Crippen molar-refractivity contribution in [2.75, 3.05) is 0 Å². The number of pyridine rings is 2. The molecule has 0 saturated carbocycles. The first-order chi connectivity index (χ1) is 46.7. The molecule has 20 aromatic rings. The standard InChI is InChI=1S/2C18H13N.3C17H12N2/c1-12-10-17-15-8-4-2-6-13(15)14-7-3-5-9-16(14)18(17)11-19-12;1-12-10-11-17-15-8-3-2-6-13(15)14-7-4-5-9-16(14)18(17)19-12;1-11-10-18-16-14-8-4-2-6-12(14)13-7-3-5-9-15(13)17(16)19-11;2*1-11-18-10-16-14-8-3-2-6-12(14)13-7-4-5-9-15(13)17(16)19-11/h2*2-11H,1H3;3*2-10H,1H3. The van der Waals surface area contributed by atoms with Crippen molar-refractivity contribution in [2.24, 2.45) is 0 Å². The van der Waals surface area contributed by atoms with E-state index in [4.69, 9.17) is 9.97 Å². The Hall–Kier alpha value is -12.3. The quantitative estimate of drug-likeness (QED) is 0.138. The van der Waals surface area contributed by atoms with E-state index in [9.17, 15) is 0 Å². The molecule has 0 atom stereocenters. The Balaban J connectivity index is 0.0000000937. The Morgan fingerprint density at radius 2 is 0.411 bits per heavy atom. The number of fused-ring (bicyclic) bond motifs is 30. The fraction of sp³-hybridized carbons (Fsp3) is 0.0575. The second kappa shape index (κ2) is 24.4. The zero-order valence-electron chi connectivity index (χ0n) is 53.2. The van der Waals surface area contributed by atoms with E-state index in [1.807, 2.05) is 59.4 Å². The van der Waals surface area contributed by atoms with Gasteiger partial charge in [0.15, 0.2) is 0 Å². The molecule has 0 radical (unpaired) electrons. The molecule has 450 valence electrons. The third-order valence-electron chi connectivity index (χ3n) is 18.2.